The summed E-state index contributed by atoms with van der Waals surface area (Å²) in [7, 11) is 0. The van der Waals surface area contributed by atoms with Crippen molar-refractivity contribution < 1.29 is 4.74 Å². The Morgan fingerprint density at radius 2 is 1.71 bits per heavy atom. The van der Waals surface area contributed by atoms with Crippen molar-refractivity contribution in [1.29, 1.82) is 0 Å². The Morgan fingerprint density at radius 1 is 0.893 bits per heavy atom. The van der Waals surface area contributed by atoms with E-state index in [4.69, 9.17) is 19.7 Å². The lowest BCUT2D eigenvalue weighted by Gasteiger charge is -2.28. The molecule has 2 aromatic heterocycles. The molecule has 0 atom stereocenters. The molecular formula is C19H24N8O. The standard InChI is InChI=1S/C19H24N8O/c1-3-14(15-13-21-25-16(15)4-1)17-22-18(26-7-2-5-20-6-8-26)24-19(23-17)27-9-11-28-12-10-27/h1,3-4,13,20H,2,5-12H2,(H,21,25). The second-order valence-electron chi connectivity index (χ2n) is 7.09. The number of H-pyrrole nitrogens is 1. The number of ether oxygens (including phenoxy) is 1. The van der Waals surface area contributed by atoms with Gasteiger partial charge in [-0.25, -0.2) is 0 Å². The van der Waals surface area contributed by atoms with E-state index in [1.165, 1.54) is 0 Å². The summed E-state index contributed by atoms with van der Waals surface area (Å²) in [6, 6.07) is 6.06. The number of nitrogens with one attached hydrogen (secondary N) is 2. The van der Waals surface area contributed by atoms with Crippen LogP contribution in [-0.2, 0) is 4.74 Å². The molecule has 0 aliphatic carbocycles. The summed E-state index contributed by atoms with van der Waals surface area (Å²) in [5, 5.41) is 11.7. The Bertz CT molecular complexity index is 944. The van der Waals surface area contributed by atoms with Gasteiger partial charge in [-0.3, -0.25) is 5.10 Å². The van der Waals surface area contributed by atoms with E-state index in [1.807, 2.05) is 24.4 Å². The smallest absolute Gasteiger partial charge is 0.230 e. The summed E-state index contributed by atoms with van der Waals surface area (Å²) in [4.78, 5) is 19.0. The van der Waals surface area contributed by atoms with E-state index in [1.54, 1.807) is 0 Å². The van der Waals surface area contributed by atoms with Gasteiger partial charge >= 0.3 is 0 Å². The van der Waals surface area contributed by atoms with Crippen molar-refractivity contribution >= 4 is 22.8 Å². The van der Waals surface area contributed by atoms with Crippen LogP contribution in [-0.4, -0.2) is 77.6 Å². The van der Waals surface area contributed by atoms with Crippen molar-refractivity contribution in [2.24, 2.45) is 0 Å². The van der Waals surface area contributed by atoms with Gasteiger partial charge in [0, 0.05) is 43.7 Å². The van der Waals surface area contributed by atoms with E-state index < -0.39 is 0 Å². The van der Waals surface area contributed by atoms with Crippen LogP contribution < -0.4 is 15.1 Å². The number of nitrogens with zero attached hydrogens (tertiary/aromatic N) is 6. The summed E-state index contributed by atoms with van der Waals surface area (Å²) in [5.74, 6) is 2.16. The van der Waals surface area contributed by atoms with Crippen LogP contribution in [0.25, 0.3) is 22.3 Å². The molecule has 2 fully saturated rings. The second kappa shape index (κ2) is 7.69. The van der Waals surface area contributed by atoms with Crippen LogP contribution in [0.15, 0.2) is 24.4 Å². The fourth-order valence-corrected chi connectivity index (χ4v) is 3.73. The predicted molar refractivity (Wildman–Crippen MR) is 108 cm³/mol. The first-order valence-electron chi connectivity index (χ1n) is 9.85. The van der Waals surface area contributed by atoms with E-state index in [-0.39, 0.29) is 0 Å². The molecule has 2 aliphatic heterocycles. The van der Waals surface area contributed by atoms with Crippen LogP contribution in [0.1, 0.15) is 6.42 Å². The van der Waals surface area contributed by atoms with Gasteiger partial charge in [-0.05, 0) is 19.0 Å². The minimum Gasteiger partial charge on any atom is -0.378 e. The molecule has 0 unspecified atom stereocenters. The fourth-order valence-electron chi connectivity index (χ4n) is 3.73. The number of rotatable bonds is 3. The van der Waals surface area contributed by atoms with E-state index in [0.717, 1.165) is 74.1 Å². The topological polar surface area (TPSA) is 95.1 Å². The van der Waals surface area contributed by atoms with Gasteiger partial charge in [-0.1, -0.05) is 12.1 Å². The lowest BCUT2D eigenvalue weighted by atomic mass is 10.1. The Labute approximate surface area is 163 Å². The Hall–Kier alpha value is -2.78. The van der Waals surface area contributed by atoms with Gasteiger partial charge in [0.1, 0.15) is 0 Å². The highest BCUT2D eigenvalue weighted by atomic mass is 16.5. The van der Waals surface area contributed by atoms with Gasteiger partial charge in [-0.2, -0.15) is 20.1 Å². The lowest BCUT2D eigenvalue weighted by Crippen LogP contribution is -2.38. The molecule has 28 heavy (non-hydrogen) atoms. The van der Waals surface area contributed by atoms with Crippen LogP contribution in [0.4, 0.5) is 11.9 Å². The highest BCUT2D eigenvalue weighted by molar-refractivity contribution is 5.92. The maximum absolute atomic E-state index is 5.50. The molecule has 0 radical (unpaired) electrons. The van der Waals surface area contributed by atoms with Crippen molar-refractivity contribution in [1.82, 2.24) is 30.5 Å². The van der Waals surface area contributed by atoms with Gasteiger partial charge in [0.15, 0.2) is 5.82 Å². The third-order valence-corrected chi connectivity index (χ3v) is 5.25. The van der Waals surface area contributed by atoms with Gasteiger partial charge < -0.3 is 19.9 Å². The van der Waals surface area contributed by atoms with Gasteiger partial charge in [0.2, 0.25) is 11.9 Å². The minimum atomic E-state index is 0.690. The molecule has 2 N–H and O–H groups in total. The largest absolute Gasteiger partial charge is 0.378 e. The van der Waals surface area contributed by atoms with Gasteiger partial charge in [-0.15, -0.1) is 0 Å². The van der Waals surface area contributed by atoms with Crippen LogP contribution in [0.5, 0.6) is 0 Å². The number of aromatic amines is 1. The average molecular weight is 380 g/mol. The number of aromatic nitrogens is 5. The summed E-state index contributed by atoms with van der Waals surface area (Å²) in [5.41, 5.74) is 1.95. The number of anilines is 2. The number of benzene rings is 1. The second-order valence-corrected chi connectivity index (χ2v) is 7.09. The molecule has 3 aromatic rings. The van der Waals surface area contributed by atoms with Crippen LogP contribution in [0.3, 0.4) is 0 Å². The fraction of sp³-hybridized carbons (Fsp3) is 0.474. The zero-order chi connectivity index (χ0) is 18.8. The van der Waals surface area contributed by atoms with Crippen LogP contribution in [0, 0.1) is 0 Å². The zero-order valence-electron chi connectivity index (χ0n) is 15.8. The number of morpholine rings is 1. The zero-order valence-corrected chi connectivity index (χ0v) is 15.8. The minimum absolute atomic E-state index is 0.690. The van der Waals surface area contributed by atoms with Crippen molar-refractivity contribution in [3.63, 3.8) is 0 Å². The maximum atomic E-state index is 5.50. The van der Waals surface area contributed by atoms with Crippen LogP contribution in [0.2, 0.25) is 0 Å². The predicted octanol–water partition coefficient (Wildman–Crippen LogP) is 1.05. The molecule has 2 aliphatic rings. The van der Waals surface area contributed by atoms with E-state index >= 15 is 0 Å². The van der Waals surface area contributed by atoms with Crippen molar-refractivity contribution in [3.8, 4) is 11.4 Å². The van der Waals surface area contributed by atoms with Crippen molar-refractivity contribution in [2.75, 3.05) is 62.3 Å². The van der Waals surface area contributed by atoms with E-state index in [2.05, 4.69) is 25.3 Å². The third-order valence-electron chi connectivity index (χ3n) is 5.25. The van der Waals surface area contributed by atoms with E-state index in [9.17, 15) is 0 Å². The number of hydrogen-bond acceptors (Lipinski definition) is 8. The quantitative estimate of drug-likeness (QED) is 0.696. The van der Waals surface area contributed by atoms with Gasteiger partial charge in [0.25, 0.3) is 0 Å². The Morgan fingerprint density at radius 3 is 2.57 bits per heavy atom. The van der Waals surface area contributed by atoms with E-state index in [0.29, 0.717) is 19.0 Å². The number of hydrogen-bond donors (Lipinski definition) is 2. The SMILES string of the molecule is c1cc(-c2nc(N3CCCNCC3)nc(N3CCOCC3)n2)c2cn[nH]c2c1. The molecule has 2 saturated heterocycles. The van der Waals surface area contributed by atoms with Crippen molar-refractivity contribution in [2.45, 2.75) is 6.42 Å². The molecule has 9 nitrogen and oxygen atoms in total. The maximum Gasteiger partial charge on any atom is 0.230 e. The molecular weight excluding hydrogens is 356 g/mol. The normalized spacial score (nSPS) is 18.4. The first kappa shape index (κ1) is 17.3. The molecule has 5 rings (SSSR count). The average Bonchev–Trinajstić information content (AvgIpc) is 3.07. The third kappa shape index (κ3) is 3.38. The van der Waals surface area contributed by atoms with Gasteiger partial charge in [0.05, 0.1) is 24.9 Å². The summed E-state index contributed by atoms with van der Waals surface area (Å²) < 4.78 is 5.50. The Kier molecular flexibility index (Phi) is 4.76. The molecule has 146 valence electrons. The summed E-state index contributed by atoms with van der Waals surface area (Å²) in [6.07, 6.45) is 2.91. The highest BCUT2D eigenvalue weighted by Crippen LogP contribution is 2.28. The molecule has 9 heteroatoms. The molecule has 0 amide bonds. The molecule has 0 saturated carbocycles. The number of fused-ring (bicyclic) bond motifs is 1. The molecule has 4 heterocycles. The Balaban J connectivity index is 1.60. The summed E-state index contributed by atoms with van der Waals surface area (Å²) >= 11 is 0. The summed E-state index contributed by atoms with van der Waals surface area (Å²) in [6.45, 7) is 6.77. The lowest BCUT2D eigenvalue weighted by molar-refractivity contribution is 0.122. The monoisotopic (exact) mass is 380 g/mol. The van der Waals surface area contributed by atoms with Crippen LogP contribution >= 0.6 is 0 Å². The first-order chi connectivity index (χ1) is 13.9. The molecule has 0 spiro atoms. The van der Waals surface area contributed by atoms with Crippen molar-refractivity contribution in [3.05, 3.63) is 24.4 Å². The first-order valence-corrected chi connectivity index (χ1v) is 9.85. The highest BCUT2D eigenvalue weighted by Gasteiger charge is 2.21. The molecule has 1 aromatic carbocycles. The molecule has 0 bridgehead atoms.